The molecule has 0 spiro atoms. The third-order valence-electron chi connectivity index (χ3n) is 4.05. The van der Waals surface area contributed by atoms with E-state index in [4.69, 9.17) is 5.73 Å². The largest absolute Gasteiger partial charge is 0.326 e. The number of benzene rings is 1. The first-order valence-electron chi connectivity index (χ1n) is 7.44. The Labute approximate surface area is 121 Å². The van der Waals surface area contributed by atoms with Gasteiger partial charge < -0.3 is 11.1 Å². The summed E-state index contributed by atoms with van der Waals surface area (Å²) in [6.07, 6.45) is 2.45. The molecule has 2 rings (SSSR count). The molecule has 0 saturated carbocycles. The van der Waals surface area contributed by atoms with Crippen molar-refractivity contribution in [2.45, 2.75) is 39.3 Å². The van der Waals surface area contributed by atoms with Crippen LogP contribution in [0.1, 0.15) is 32.3 Å². The molecule has 2 unspecified atom stereocenters. The standard InChI is InChI=1S/C16H25N3O/c1-12-5-4-8-19(11-12)13(2)16(20)18-15-7-3-6-14(9-15)10-17/h3,6-7,9,12-13H,4-5,8,10-11,17H2,1-2H3,(H,18,20). The predicted molar refractivity (Wildman–Crippen MR) is 82.4 cm³/mol. The van der Waals surface area contributed by atoms with Crippen LogP contribution in [0.15, 0.2) is 24.3 Å². The first-order valence-corrected chi connectivity index (χ1v) is 7.44. The Morgan fingerprint density at radius 2 is 2.35 bits per heavy atom. The molecule has 1 aliphatic heterocycles. The van der Waals surface area contributed by atoms with Crippen molar-refractivity contribution in [2.24, 2.45) is 11.7 Å². The lowest BCUT2D eigenvalue weighted by Crippen LogP contribution is -2.46. The maximum absolute atomic E-state index is 12.3. The van der Waals surface area contributed by atoms with Crippen molar-refractivity contribution < 1.29 is 4.79 Å². The van der Waals surface area contributed by atoms with Gasteiger partial charge in [0.1, 0.15) is 0 Å². The van der Waals surface area contributed by atoms with Crippen LogP contribution in [0.4, 0.5) is 5.69 Å². The van der Waals surface area contributed by atoms with Gasteiger partial charge in [-0.05, 0) is 49.9 Å². The van der Waals surface area contributed by atoms with Crippen LogP contribution < -0.4 is 11.1 Å². The molecule has 1 fully saturated rings. The molecule has 1 aromatic rings. The van der Waals surface area contributed by atoms with Crippen LogP contribution in [0.25, 0.3) is 0 Å². The maximum Gasteiger partial charge on any atom is 0.241 e. The van der Waals surface area contributed by atoms with Gasteiger partial charge in [0.15, 0.2) is 0 Å². The second kappa shape index (κ2) is 6.86. The second-order valence-electron chi connectivity index (χ2n) is 5.81. The number of nitrogens with two attached hydrogens (primary N) is 1. The van der Waals surface area contributed by atoms with Crippen LogP contribution in [0.5, 0.6) is 0 Å². The van der Waals surface area contributed by atoms with E-state index in [1.807, 2.05) is 31.2 Å². The summed E-state index contributed by atoms with van der Waals surface area (Å²) in [4.78, 5) is 14.6. The fourth-order valence-electron chi connectivity index (χ4n) is 2.77. The first-order chi connectivity index (χ1) is 9.60. The number of nitrogens with zero attached hydrogens (tertiary/aromatic N) is 1. The lowest BCUT2D eigenvalue weighted by atomic mass is 9.99. The van der Waals surface area contributed by atoms with E-state index in [-0.39, 0.29) is 11.9 Å². The van der Waals surface area contributed by atoms with Gasteiger partial charge >= 0.3 is 0 Å². The minimum atomic E-state index is -0.0840. The first kappa shape index (κ1) is 15.0. The molecule has 3 N–H and O–H groups in total. The van der Waals surface area contributed by atoms with Gasteiger partial charge in [-0.25, -0.2) is 0 Å². The number of carbonyl (C=O) groups excluding carboxylic acids is 1. The number of hydrogen-bond donors (Lipinski definition) is 2. The second-order valence-corrected chi connectivity index (χ2v) is 5.81. The van der Waals surface area contributed by atoms with E-state index in [1.165, 1.54) is 12.8 Å². The zero-order valence-corrected chi connectivity index (χ0v) is 12.4. The number of likely N-dealkylation sites (tertiary alicyclic amines) is 1. The van der Waals surface area contributed by atoms with E-state index in [1.54, 1.807) is 0 Å². The van der Waals surface area contributed by atoms with Gasteiger partial charge in [0, 0.05) is 18.8 Å². The number of carbonyl (C=O) groups is 1. The molecule has 110 valence electrons. The van der Waals surface area contributed by atoms with E-state index >= 15 is 0 Å². The summed E-state index contributed by atoms with van der Waals surface area (Å²) in [6.45, 7) is 6.75. The Bertz CT molecular complexity index is 461. The van der Waals surface area contributed by atoms with Crippen LogP contribution in [0.3, 0.4) is 0 Å². The van der Waals surface area contributed by atoms with Gasteiger partial charge in [-0.15, -0.1) is 0 Å². The summed E-state index contributed by atoms with van der Waals surface area (Å²) in [7, 11) is 0. The summed E-state index contributed by atoms with van der Waals surface area (Å²) >= 11 is 0. The number of piperidine rings is 1. The normalized spacial score (nSPS) is 21.4. The van der Waals surface area contributed by atoms with E-state index < -0.39 is 0 Å². The average Bonchev–Trinajstić information content (AvgIpc) is 2.46. The molecule has 1 aromatic carbocycles. The molecule has 0 bridgehead atoms. The number of rotatable bonds is 4. The van der Waals surface area contributed by atoms with Crippen molar-refractivity contribution in [3.63, 3.8) is 0 Å². The van der Waals surface area contributed by atoms with E-state index in [0.29, 0.717) is 12.5 Å². The zero-order chi connectivity index (χ0) is 14.5. The van der Waals surface area contributed by atoms with Crippen LogP contribution >= 0.6 is 0 Å². The molecule has 1 saturated heterocycles. The molecule has 1 heterocycles. The van der Waals surface area contributed by atoms with Crippen molar-refractivity contribution >= 4 is 11.6 Å². The number of amides is 1. The fourth-order valence-corrected chi connectivity index (χ4v) is 2.77. The zero-order valence-electron chi connectivity index (χ0n) is 12.4. The highest BCUT2D eigenvalue weighted by Gasteiger charge is 2.25. The Morgan fingerprint density at radius 3 is 3.05 bits per heavy atom. The minimum Gasteiger partial charge on any atom is -0.326 e. The maximum atomic E-state index is 12.3. The lowest BCUT2D eigenvalue weighted by molar-refractivity contribution is -0.121. The van der Waals surface area contributed by atoms with Gasteiger partial charge in [0.05, 0.1) is 6.04 Å². The topological polar surface area (TPSA) is 58.4 Å². The molecule has 1 aliphatic rings. The highest BCUT2D eigenvalue weighted by molar-refractivity contribution is 5.94. The monoisotopic (exact) mass is 275 g/mol. The summed E-state index contributed by atoms with van der Waals surface area (Å²) < 4.78 is 0. The highest BCUT2D eigenvalue weighted by atomic mass is 16.2. The van der Waals surface area contributed by atoms with Crippen molar-refractivity contribution in [3.05, 3.63) is 29.8 Å². The molecular weight excluding hydrogens is 250 g/mol. The van der Waals surface area contributed by atoms with Gasteiger partial charge in [-0.2, -0.15) is 0 Å². The van der Waals surface area contributed by atoms with Gasteiger partial charge in [0.25, 0.3) is 0 Å². The smallest absolute Gasteiger partial charge is 0.241 e. The van der Waals surface area contributed by atoms with E-state index in [9.17, 15) is 4.79 Å². The molecule has 20 heavy (non-hydrogen) atoms. The Hall–Kier alpha value is -1.39. The predicted octanol–water partition coefficient (Wildman–Crippen LogP) is 2.20. The van der Waals surface area contributed by atoms with Crippen LogP contribution in [0.2, 0.25) is 0 Å². The Kier molecular flexibility index (Phi) is 5.15. The Balaban J connectivity index is 1.96. The van der Waals surface area contributed by atoms with Gasteiger partial charge in [-0.1, -0.05) is 19.1 Å². The summed E-state index contributed by atoms with van der Waals surface area (Å²) in [5.41, 5.74) is 7.48. The highest BCUT2D eigenvalue weighted by Crippen LogP contribution is 2.18. The average molecular weight is 275 g/mol. The van der Waals surface area contributed by atoms with Crippen molar-refractivity contribution in [1.29, 1.82) is 0 Å². The third kappa shape index (κ3) is 3.81. The molecule has 0 radical (unpaired) electrons. The molecule has 2 atom stereocenters. The number of anilines is 1. The van der Waals surface area contributed by atoms with Crippen LogP contribution in [0, 0.1) is 5.92 Å². The SMILES string of the molecule is CC1CCCN(C(C)C(=O)Nc2cccc(CN)c2)C1. The van der Waals surface area contributed by atoms with Crippen molar-refractivity contribution in [3.8, 4) is 0 Å². The number of nitrogens with one attached hydrogen (secondary N) is 1. The summed E-state index contributed by atoms with van der Waals surface area (Å²) in [6, 6.07) is 7.64. The van der Waals surface area contributed by atoms with Crippen LogP contribution in [-0.4, -0.2) is 29.9 Å². The number of hydrogen-bond acceptors (Lipinski definition) is 3. The molecule has 1 amide bonds. The quantitative estimate of drug-likeness (QED) is 0.885. The van der Waals surface area contributed by atoms with Crippen molar-refractivity contribution in [2.75, 3.05) is 18.4 Å². The molecule has 4 heteroatoms. The van der Waals surface area contributed by atoms with Crippen molar-refractivity contribution in [1.82, 2.24) is 4.90 Å². The molecule has 0 aliphatic carbocycles. The Morgan fingerprint density at radius 1 is 1.55 bits per heavy atom. The summed E-state index contributed by atoms with van der Waals surface area (Å²) in [5, 5.41) is 2.99. The molecular formula is C16H25N3O. The van der Waals surface area contributed by atoms with Gasteiger partial charge in [0.2, 0.25) is 5.91 Å². The summed E-state index contributed by atoms with van der Waals surface area (Å²) in [5.74, 6) is 0.743. The minimum absolute atomic E-state index is 0.0632. The molecule has 4 nitrogen and oxygen atoms in total. The van der Waals surface area contributed by atoms with Gasteiger partial charge in [-0.3, -0.25) is 9.69 Å². The van der Waals surface area contributed by atoms with Crippen LogP contribution in [-0.2, 0) is 11.3 Å². The lowest BCUT2D eigenvalue weighted by Gasteiger charge is -2.34. The van der Waals surface area contributed by atoms with E-state index in [0.717, 1.165) is 24.3 Å². The molecule has 0 aromatic heterocycles. The fraction of sp³-hybridized carbons (Fsp3) is 0.562. The third-order valence-corrected chi connectivity index (χ3v) is 4.05. The van der Waals surface area contributed by atoms with E-state index in [2.05, 4.69) is 17.1 Å².